The molecule has 2 aromatic rings. The lowest BCUT2D eigenvalue weighted by atomic mass is 10.1. The third kappa shape index (κ3) is 4.82. The summed E-state index contributed by atoms with van der Waals surface area (Å²) in [5, 5.41) is 11.1. The second kappa shape index (κ2) is 8.85. The first-order valence-electron chi connectivity index (χ1n) is 9.70. The number of hydrogen-bond acceptors (Lipinski definition) is 5. The van der Waals surface area contributed by atoms with E-state index in [9.17, 15) is 32.9 Å². The lowest BCUT2D eigenvalue weighted by molar-refractivity contribution is -0.384. The summed E-state index contributed by atoms with van der Waals surface area (Å²) in [6.45, 7) is 0.568. The van der Waals surface area contributed by atoms with Crippen molar-refractivity contribution in [2.75, 3.05) is 45.2 Å². The zero-order chi connectivity index (χ0) is 23.6. The Morgan fingerprint density at radius 1 is 0.969 bits per heavy atom. The van der Waals surface area contributed by atoms with Gasteiger partial charge in [-0.15, -0.1) is 0 Å². The molecule has 1 aliphatic rings. The van der Waals surface area contributed by atoms with Gasteiger partial charge in [0.25, 0.3) is 17.5 Å². The summed E-state index contributed by atoms with van der Waals surface area (Å²) in [6, 6.07) is 8.25. The molecule has 0 radical (unpaired) electrons. The molecule has 0 unspecified atom stereocenters. The summed E-state index contributed by atoms with van der Waals surface area (Å²) in [7, 11) is 3.42. The Morgan fingerprint density at radius 2 is 1.56 bits per heavy atom. The monoisotopic (exact) mass is 450 g/mol. The first kappa shape index (κ1) is 23.0. The van der Waals surface area contributed by atoms with E-state index in [1.54, 1.807) is 19.0 Å². The van der Waals surface area contributed by atoms with E-state index in [2.05, 4.69) is 0 Å². The van der Waals surface area contributed by atoms with Crippen molar-refractivity contribution in [3.63, 3.8) is 0 Å². The highest BCUT2D eigenvalue weighted by molar-refractivity contribution is 6.01. The average molecular weight is 450 g/mol. The number of nitro groups is 1. The largest absolute Gasteiger partial charge is 0.416 e. The number of rotatable bonds is 4. The van der Waals surface area contributed by atoms with Crippen LogP contribution in [0, 0.1) is 10.1 Å². The van der Waals surface area contributed by atoms with Crippen LogP contribution in [0.1, 0.15) is 26.3 Å². The Bertz CT molecular complexity index is 1050. The molecule has 0 saturated carbocycles. The lowest BCUT2D eigenvalue weighted by Crippen LogP contribution is -2.50. The molecule has 1 saturated heterocycles. The van der Waals surface area contributed by atoms with Gasteiger partial charge >= 0.3 is 6.18 Å². The summed E-state index contributed by atoms with van der Waals surface area (Å²) in [4.78, 5) is 40.8. The van der Waals surface area contributed by atoms with Crippen LogP contribution in [0.5, 0.6) is 0 Å². The van der Waals surface area contributed by atoms with Gasteiger partial charge in [0.15, 0.2) is 0 Å². The Balaban J connectivity index is 1.74. The minimum Gasteiger partial charge on any atom is -0.377 e. The molecule has 2 amide bonds. The number of nitro benzene ring substituents is 1. The number of carbonyl (C=O) groups is 2. The van der Waals surface area contributed by atoms with Crippen LogP contribution in [0.4, 0.5) is 24.5 Å². The lowest BCUT2D eigenvalue weighted by Gasteiger charge is -2.35. The van der Waals surface area contributed by atoms with Crippen LogP contribution < -0.4 is 4.90 Å². The minimum atomic E-state index is -4.55. The fourth-order valence-corrected chi connectivity index (χ4v) is 3.49. The number of benzene rings is 2. The Hall–Kier alpha value is -3.63. The summed E-state index contributed by atoms with van der Waals surface area (Å²) in [6.07, 6.45) is -4.55. The zero-order valence-electron chi connectivity index (χ0n) is 17.4. The smallest absolute Gasteiger partial charge is 0.377 e. The van der Waals surface area contributed by atoms with E-state index in [1.165, 1.54) is 40.1 Å². The van der Waals surface area contributed by atoms with Gasteiger partial charge in [0.1, 0.15) is 0 Å². The molecular weight excluding hydrogens is 429 g/mol. The second-order valence-corrected chi connectivity index (χ2v) is 7.52. The van der Waals surface area contributed by atoms with E-state index in [1.807, 2.05) is 0 Å². The highest BCUT2D eigenvalue weighted by atomic mass is 19.4. The van der Waals surface area contributed by atoms with E-state index < -0.39 is 28.5 Å². The molecule has 11 heteroatoms. The van der Waals surface area contributed by atoms with Crippen LogP contribution in [0.25, 0.3) is 0 Å². The third-order valence-corrected chi connectivity index (χ3v) is 5.19. The Kier molecular flexibility index (Phi) is 6.37. The molecule has 0 aliphatic carbocycles. The van der Waals surface area contributed by atoms with Gasteiger partial charge in [0.05, 0.1) is 16.1 Å². The fourth-order valence-electron chi connectivity index (χ4n) is 3.49. The van der Waals surface area contributed by atoms with Crippen LogP contribution in [-0.4, -0.2) is 66.8 Å². The second-order valence-electron chi connectivity index (χ2n) is 7.52. The predicted octanol–water partition coefficient (Wildman–Crippen LogP) is 3.28. The van der Waals surface area contributed by atoms with Gasteiger partial charge in [-0.05, 0) is 24.3 Å². The predicted molar refractivity (Wildman–Crippen MR) is 111 cm³/mol. The fraction of sp³-hybridized carbons (Fsp3) is 0.333. The van der Waals surface area contributed by atoms with Gasteiger partial charge in [-0.2, -0.15) is 13.2 Å². The van der Waals surface area contributed by atoms with E-state index in [0.717, 1.165) is 12.1 Å². The average Bonchev–Trinajstić information content (AvgIpc) is 2.77. The first-order valence-corrected chi connectivity index (χ1v) is 9.70. The molecule has 0 bridgehead atoms. The third-order valence-electron chi connectivity index (χ3n) is 5.19. The van der Waals surface area contributed by atoms with E-state index >= 15 is 0 Å². The number of anilines is 1. The maximum atomic E-state index is 13.0. The SMILES string of the molecule is CN(C)c1ccc([N+](=O)[O-])cc1C(=O)N1CCN(C(=O)c2cccc(C(F)(F)F)c2)CC1. The van der Waals surface area contributed by atoms with Crippen molar-refractivity contribution < 1.29 is 27.7 Å². The molecule has 1 heterocycles. The van der Waals surface area contributed by atoms with E-state index in [-0.39, 0.29) is 43.0 Å². The van der Waals surface area contributed by atoms with Crippen molar-refractivity contribution in [3.8, 4) is 0 Å². The first-order chi connectivity index (χ1) is 15.0. The number of nitrogens with zero attached hydrogens (tertiary/aromatic N) is 4. The molecule has 3 rings (SSSR count). The number of amides is 2. The molecule has 1 aliphatic heterocycles. The molecule has 0 aromatic heterocycles. The summed E-state index contributed by atoms with van der Waals surface area (Å²) < 4.78 is 38.8. The van der Waals surface area contributed by atoms with Crippen molar-refractivity contribution in [1.82, 2.24) is 9.80 Å². The number of hydrogen-bond donors (Lipinski definition) is 0. The minimum absolute atomic E-state index is 0.0758. The zero-order valence-corrected chi connectivity index (χ0v) is 17.4. The normalized spacial score (nSPS) is 14.3. The molecule has 2 aromatic carbocycles. The van der Waals surface area contributed by atoms with Crippen LogP contribution >= 0.6 is 0 Å². The Morgan fingerprint density at radius 3 is 2.09 bits per heavy atom. The van der Waals surface area contributed by atoms with Gasteiger partial charge < -0.3 is 14.7 Å². The summed E-state index contributed by atoms with van der Waals surface area (Å²) >= 11 is 0. The van der Waals surface area contributed by atoms with Gasteiger partial charge in [-0.3, -0.25) is 19.7 Å². The number of carbonyl (C=O) groups excluding carboxylic acids is 2. The van der Waals surface area contributed by atoms with Crippen LogP contribution in [0.15, 0.2) is 42.5 Å². The van der Waals surface area contributed by atoms with Crippen molar-refractivity contribution in [2.45, 2.75) is 6.18 Å². The molecule has 0 atom stereocenters. The number of halogens is 3. The quantitative estimate of drug-likeness (QED) is 0.527. The van der Waals surface area contributed by atoms with Crippen LogP contribution in [0.3, 0.4) is 0 Å². The molecule has 0 spiro atoms. The van der Waals surface area contributed by atoms with E-state index in [0.29, 0.717) is 5.69 Å². The van der Waals surface area contributed by atoms with Gasteiger partial charge in [0, 0.05) is 63.7 Å². The highest BCUT2D eigenvalue weighted by Crippen LogP contribution is 2.30. The standard InChI is InChI=1S/C21H21F3N4O4/c1-25(2)18-7-6-16(28(31)32)13-17(18)20(30)27-10-8-26(9-11-27)19(29)14-4-3-5-15(12-14)21(22,23)24/h3-7,12-13H,8-11H2,1-2H3. The van der Waals surface area contributed by atoms with E-state index in [4.69, 9.17) is 0 Å². The van der Waals surface area contributed by atoms with Crippen molar-refractivity contribution in [2.24, 2.45) is 0 Å². The maximum Gasteiger partial charge on any atom is 0.416 e. The molecular formula is C21H21F3N4O4. The van der Waals surface area contributed by atoms with Crippen molar-refractivity contribution in [3.05, 3.63) is 69.3 Å². The highest BCUT2D eigenvalue weighted by Gasteiger charge is 2.32. The summed E-state index contributed by atoms with van der Waals surface area (Å²) in [5.74, 6) is -0.962. The van der Waals surface area contributed by atoms with Gasteiger partial charge in [0.2, 0.25) is 0 Å². The topological polar surface area (TPSA) is 87.0 Å². The molecule has 1 fully saturated rings. The number of piperazine rings is 1. The molecule has 8 nitrogen and oxygen atoms in total. The number of alkyl halides is 3. The molecule has 0 N–H and O–H groups in total. The van der Waals surface area contributed by atoms with Crippen molar-refractivity contribution >= 4 is 23.2 Å². The number of non-ortho nitro benzene ring substituents is 1. The summed E-state index contributed by atoms with van der Waals surface area (Å²) in [5.41, 5.74) is -0.505. The Labute approximate surface area is 182 Å². The molecule has 32 heavy (non-hydrogen) atoms. The van der Waals surface area contributed by atoms with Crippen LogP contribution in [-0.2, 0) is 6.18 Å². The van der Waals surface area contributed by atoms with Gasteiger partial charge in [-0.25, -0.2) is 0 Å². The van der Waals surface area contributed by atoms with Gasteiger partial charge in [-0.1, -0.05) is 6.07 Å². The molecule has 170 valence electrons. The maximum absolute atomic E-state index is 13.0. The van der Waals surface area contributed by atoms with Crippen LogP contribution in [0.2, 0.25) is 0 Å². The van der Waals surface area contributed by atoms with Crippen molar-refractivity contribution in [1.29, 1.82) is 0 Å².